The summed E-state index contributed by atoms with van der Waals surface area (Å²) in [4.78, 5) is 14.2. The molecule has 1 rings (SSSR count). The van der Waals surface area contributed by atoms with Gasteiger partial charge in [-0.1, -0.05) is 20.8 Å². The smallest absolute Gasteiger partial charge is 0.314 e. The van der Waals surface area contributed by atoms with Crippen LogP contribution in [0.25, 0.3) is 0 Å². The van der Waals surface area contributed by atoms with Crippen molar-refractivity contribution in [3.63, 3.8) is 0 Å². The molecule has 0 aliphatic carbocycles. The van der Waals surface area contributed by atoms with Gasteiger partial charge in [-0.15, -0.1) is 0 Å². The summed E-state index contributed by atoms with van der Waals surface area (Å²) in [6.07, 6.45) is 3.43. The summed E-state index contributed by atoms with van der Waals surface area (Å²) >= 11 is 0. The molecule has 1 aliphatic rings. The van der Waals surface area contributed by atoms with Gasteiger partial charge < -0.3 is 15.7 Å². The van der Waals surface area contributed by atoms with Crippen molar-refractivity contribution < 1.29 is 9.90 Å². The number of amides is 2. The number of urea groups is 1. The summed E-state index contributed by atoms with van der Waals surface area (Å²) < 4.78 is 0. The van der Waals surface area contributed by atoms with Crippen molar-refractivity contribution in [3.8, 4) is 0 Å². The molecule has 118 valence electrons. The molecular weight excluding hydrogens is 254 g/mol. The van der Waals surface area contributed by atoms with E-state index in [1.807, 2.05) is 6.92 Å². The van der Waals surface area contributed by atoms with Crippen molar-refractivity contribution in [1.82, 2.24) is 15.5 Å². The maximum absolute atomic E-state index is 11.7. The summed E-state index contributed by atoms with van der Waals surface area (Å²) in [6, 6.07) is 0.356. The Kier molecular flexibility index (Phi) is 7.92. The minimum absolute atomic E-state index is 0.121. The number of carbonyl (C=O) groups is 1. The third-order valence-corrected chi connectivity index (χ3v) is 3.83. The second-order valence-electron chi connectivity index (χ2n) is 6.17. The van der Waals surface area contributed by atoms with Gasteiger partial charge in [-0.3, -0.25) is 4.90 Å². The van der Waals surface area contributed by atoms with E-state index in [4.69, 9.17) is 0 Å². The minimum Gasteiger partial charge on any atom is -0.393 e. The van der Waals surface area contributed by atoms with Gasteiger partial charge in [-0.05, 0) is 38.1 Å². The van der Waals surface area contributed by atoms with Crippen LogP contribution in [0.15, 0.2) is 0 Å². The first-order valence-corrected chi connectivity index (χ1v) is 7.96. The van der Waals surface area contributed by atoms with Gasteiger partial charge in [0.15, 0.2) is 0 Å². The molecule has 5 nitrogen and oxygen atoms in total. The Balaban J connectivity index is 2.16. The fourth-order valence-corrected chi connectivity index (χ4v) is 2.67. The predicted molar refractivity (Wildman–Crippen MR) is 81.7 cm³/mol. The predicted octanol–water partition coefficient (Wildman–Crippen LogP) is 1.57. The number of aliphatic hydroxyl groups excluding tert-OH is 1. The molecule has 0 bridgehead atoms. The molecule has 3 N–H and O–H groups in total. The Bertz CT molecular complexity index is 284. The second-order valence-corrected chi connectivity index (χ2v) is 6.17. The van der Waals surface area contributed by atoms with Crippen LogP contribution in [0.2, 0.25) is 0 Å². The van der Waals surface area contributed by atoms with Crippen molar-refractivity contribution in [2.75, 3.05) is 26.2 Å². The Morgan fingerprint density at radius 1 is 1.40 bits per heavy atom. The molecule has 5 heteroatoms. The molecule has 1 unspecified atom stereocenters. The largest absolute Gasteiger partial charge is 0.393 e. The minimum atomic E-state index is -0.313. The van der Waals surface area contributed by atoms with E-state index in [-0.39, 0.29) is 12.1 Å². The van der Waals surface area contributed by atoms with Crippen molar-refractivity contribution in [2.24, 2.45) is 5.92 Å². The van der Waals surface area contributed by atoms with Crippen molar-refractivity contribution in [2.45, 2.75) is 58.6 Å². The summed E-state index contributed by atoms with van der Waals surface area (Å²) in [5.41, 5.74) is 0. The molecule has 0 saturated carbocycles. The lowest BCUT2D eigenvalue weighted by atomic mass is 10.1. The van der Waals surface area contributed by atoms with Crippen LogP contribution in [-0.4, -0.2) is 54.4 Å². The Labute approximate surface area is 123 Å². The van der Waals surface area contributed by atoms with Gasteiger partial charge in [0, 0.05) is 25.7 Å². The summed E-state index contributed by atoms with van der Waals surface area (Å²) in [6.45, 7) is 9.90. The zero-order valence-electron chi connectivity index (χ0n) is 13.2. The van der Waals surface area contributed by atoms with Gasteiger partial charge in [0.05, 0.1) is 6.10 Å². The van der Waals surface area contributed by atoms with Gasteiger partial charge in [-0.25, -0.2) is 4.79 Å². The molecule has 1 heterocycles. The van der Waals surface area contributed by atoms with E-state index < -0.39 is 0 Å². The maximum atomic E-state index is 11.7. The highest BCUT2D eigenvalue weighted by atomic mass is 16.3. The summed E-state index contributed by atoms with van der Waals surface area (Å²) in [5, 5.41) is 15.2. The second kappa shape index (κ2) is 9.19. The van der Waals surface area contributed by atoms with Crippen molar-refractivity contribution >= 4 is 6.03 Å². The number of nitrogens with one attached hydrogen (secondary N) is 2. The molecule has 20 heavy (non-hydrogen) atoms. The van der Waals surface area contributed by atoms with E-state index in [9.17, 15) is 9.90 Å². The first-order chi connectivity index (χ1) is 9.52. The zero-order chi connectivity index (χ0) is 15.0. The molecule has 1 saturated heterocycles. The van der Waals surface area contributed by atoms with E-state index >= 15 is 0 Å². The van der Waals surface area contributed by atoms with Crippen LogP contribution >= 0.6 is 0 Å². The molecule has 2 atom stereocenters. The highest BCUT2D eigenvalue weighted by molar-refractivity contribution is 5.73. The fraction of sp³-hybridized carbons (Fsp3) is 0.933. The third-order valence-electron chi connectivity index (χ3n) is 3.83. The Morgan fingerprint density at radius 3 is 2.80 bits per heavy atom. The summed E-state index contributed by atoms with van der Waals surface area (Å²) in [5.74, 6) is 0.667. The number of carbonyl (C=O) groups excluding carboxylic acids is 1. The van der Waals surface area contributed by atoms with Crippen LogP contribution in [0.4, 0.5) is 4.79 Å². The van der Waals surface area contributed by atoms with Crippen LogP contribution < -0.4 is 10.6 Å². The van der Waals surface area contributed by atoms with Crippen LogP contribution in [0.1, 0.15) is 46.5 Å². The van der Waals surface area contributed by atoms with E-state index in [1.165, 1.54) is 12.8 Å². The van der Waals surface area contributed by atoms with Gasteiger partial charge in [0.2, 0.25) is 0 Å². The molecule has 1 fully saturated rings. The quantitative estimate of drug-likeness (QED) is 0.634. The highest BCUT2D eigenvalue weighted by Gasteiger charge is 2.24. The highest BCUT2D eigenvalue weighted by Crippen LogP contribution is 2.17. The number of aliphatic hydroxyl groups is 1. The molecule has 0 radical (unpaired) electrons. The summed E-state index contributed by atoms with van der Waals surface area (Å²) in [7, 11) is 0. The van der Waals surface area contributed by atoms with Crippen LogP contribution in [0, 0.1) is 5.92 Å². The maximum Gasteiger partial charge on any atom is 0.314 e. The van der Waals surface area contributed by atoms with E-state index in [0.29, 0.717) is 24.9 Å². The molecule has 0 spiro atoms. The van der Waals surface area contributed by atoms with Gasteiger partial charge in [-0.2, -0.15) is 0 Å². The number of likely N-dealkylation sites (tertiary alicyclic amines) is 1. The van der Waals surface area contributed by atoms with Crippen LogP contribution in [-0.2, 0) is 0 Å². The van der Waals surface area contributed by atoms with E-state index in [2.05, 4.69) is 29.4 Å². The Morgan fingerprint density at radius 2 is 2.15 bits per heavy atom. The van der Waals surface area contributed by atoms with E-state index in [0.717, 1.165) is 26.1 Å². The third kappa shape index (κ3) is 6.57. The SMILES string of the molecule is CCC(O)CCNC(=O)NC[C@@H]1CCCN1CC(C)C. The van der Waals surface area contributed by atoms with Crippen LogP contribution in [0.3, 0.4) is 0 Å². The first kappa shape index (κ1) is 17.2. The first-order valence-electron chi connectivity index (χ1n) is 7.96. The average molecular weight is 285 g/mol. The molecular formula is C15H31N3O2. The van der Waals surface area contributed by atoms with Gasteiger partial charge in [0.25, 0.3) is 0 Å². The fourth-order valence-electron chi connectivity index (χ4n) is 2.67. The zero-order valence-corrected chi connectivity index (χ0v) is 13.2. The number of nitrogens with zero attached hydrogens (tertiary/aromatic N) is 1. The average Bonchev–Trinajstić information content (AvgIpc) is 2.82. The molecule has 2 amide bonds. The van der Waals surface area contributed by atoms with E-state index in [1.54, 1.807) is 0 Å². The van der Waals surface area contributed by atoms with Gasteiger partial charge >= 0.3 is 6.03 Å². The topological polar surface area (TPSA) is 64.6 Å². The lowest BCUT2D eigenvalue weighted by Crippen LogP contribution is -2.45. The Hall–Kier alpha value is -0.810. The lowest BCUT2D eigenvalue weighted by molar-refractivity contribution is 0.159. The monoisotopic (exact) mass is 285 g/mol. The number of hydrogen-bond acceptors (Lipinski definition) is 3. The molecule has 0 aromatic heterocycles. The number of rotatable bonds is 8. The molecule has 1 aliphatic heterocycles. The van der Waals surface area contributed by atoms with Crippen molar-refractivity contribution in [1.29, 1.82) is 0 Å². The molecule has 0 aromatic rings. The van der Waals surface area contributed by atoms with Crippen molar-refractivity contribution in [3.05, 3.63) is 0 Å². The standard InChI is InChI=1S/C15H31N3O2/c1-4-14(19)7-8-16-15(20)17-10-13-6-5-9-18(13)11-12(2)3/h12-14,19H,4-11H2,1-3H3,(H2,16,17,20)/t13-,14?/m0/s1. The number of hydrogen-bond donors (Lipinski definition) is 3. The molecule has 0 aromatic carbocycles. The lowest BCUT2D eigenvalue weighted by Gasteiger charge is -2.26. The van der Waals surface area contributed by atoms with Crippen LogP contribution in [0.5, 0.6) is 0 Å². The normalized spacial score (nSPS) is 21.1. The van der Waals surface area contributed by atoms with Gasteiger partial charge in [0.1, 0.15) is 0 Å².